The number of nitrogens with one attached hydrogen (secondary N) is 1. The number of esters is 1. The molecule has 2 aliphatic heterocycles. The van der Waals surface area contributed by atoms with Crippen molar-refractivity contribution >= 4 is 57.9 Å². The van der Waals surface area contributed by atoms with E-state index in [-0.39, 0.29) is 40.1 Å². The van der Waals surface area contributed by atoms with E-state index in [9.17, 15) is 24.3 Å². The van der Waals surface area contributed by atoms with Crippen molar-refractivity contribution in [2.45, 2.75) is 44.3 Å². The summed E-state index contributed by atoms with van der Waals surface area (Å²) in [6.07, 6.45) is 4.97. The van der Waals surface area contributed by atoms with Crippen LogP contribution in [-0.4, -0.2) is 73.1 Å². The van der Waals surface area contributed by atoms with Gasteiger partial charge in [-0.3, -0.25) is 9.59 Å². The number of carbonyl (C=O) groups excluding carboxylic acids is 4. The second kappa shape index (κ2) is 11.4. The zero-order chi connectivity index (χ0) is 28.3. The molecule has 39 heavy (non-hydrogen) atoms. The Morgan fingerprint density at radius 3 is 2.67 bits per heavy atom. The topological polar surface area (TPSA) is 193 Å². The van der Waals surface area contributed by atoms with Crippen LogP contribution in [0.25, 0.3) is 0 Å². The number of carbonyl (C=O) groups is 4. The standard InChI is InChI=1S/C23H25N7O7S2/c1-4-36-21(35)23(2,3)37-27-14(16-26-22(24)39-28-16)17(31)25-15-18(32)30-10-12(11-38-19(15)30)9-29-7-5-13(6-8-29)20(33)34/h5-8,10,15,19H,4,9,11H2,1-3H3,(H3-,24,25,26,28,31,33,34)/t15?,19-/m1/s1. The van der Waals surface area contributed by atoms with Crippen molar-refractivity contribution in [3.05, 3.63) is 47.7 Å². The van der Waals surface area contributed by atoms with Crippen LogP contribution in [0.1, 0.15) is 37.0 Å². The van der Waals surface area contributed by atoms with Crippen molar-refractivity contribution in [1.82, 2.24) is 19.6 Å². The van der Waals surface area contributed by atoms with Crippen molar-refractivity contribution in [1.29, 1.82) is 0 Å². The van der Waals surface area contributed by atoms with Crippen LogP contribution in [-0.2, 0) is 30.5 Å². The molecule has 2 aromatic heterocycles. The Kier molecular flexibility index (Phi) is 8.15. The number of hydrogen-bond acceptors (Lipinski definition) is 13. The summed E-state index contributed by atoms with van der Waals surface area (Å²) in [4.78, 5) is 60.0. The molecule has 16 heteroatoms. The van der Waals surface area contributed by atoms with Gasteiger partial charge in [-0.05, 0) is 20.8 Å². The highest BCUT2D eigenvalue weighted by Gasteiger charge is 2.50. The Morgan fingerprint density at radius 1 is 1.33 bits per heavy atom. The molecule has 0 aliphatic carbocycles. The van der Waals surface area contributed by atoms with Gasteiger partial charge >= 0.3 is 5.97 Å². The second-order valence-electron chi connectivity index (χ2n) is 8.95. The number of rotatable bonds is 10. The number of thioether (sulfide) groups is 1. The predicted molar refractivity (Wildman–Crippen MR) is 137 cm³/mol. The fourth-order valence-corrected chi connectivity index (χ4v) is 5.29. The van der Waals surface area contributed by atoms with Gasteiger partial charge in [0.1, 0.15) is 11.4 Å². The number of hydrogen-bond donors (Lipinski definition) is 2. The molecule has 0 spiro atoms. The average molecular weight is 576 g/mol. The second-order valence-corrected chi connectivity index (χ2v) is 10.8. The highest BCUT2D eigenvalue weighted by atomic mass is 32.2. The lowest BCUT2D eigenvalue weighted by molar-refractivity contribution is -0.689. The molecule has 2 atom stereocenters. The highest BCUT2D eigenvalue weighted by molar-refractivity contribution is 8.00. The zero-order valence-electron chi connectivity index (χ0n) is 21.2. The normalized spacial score (nSPS) is 18.9. The molecule has 2 aliphatic rings. The number of nitrogens with zero attached hydrogens (tertiary/aromatic N) is 5. The number of nitrogens with two attached hydrogens (primary N) is 1. The molecule has 3 N–H and O–H groups in total. The molecule has 1 saturated heterocycles. The summed E-state index contributed by atoms with van der Waals surface area (Å²) in [5.74, 6) is -2.57. The van der Waals surface area contributed by atoms with Gasteiger partial charge in [0.05, 0.1) is 12.6 Å². The van der Waals surface area contributed by atoms with Crippen LogP contribution in [0.15, 0.2) is 41.5 Å². The number of aromatic nitrogens is 3. The molecule has 1 fully saturated rings. The first kappa shape index (κ1) is 28.0. The number of β-lactam (4-membered cyclic amide) rings is 1. The number of ether oxygens (including phenoxy) is 1. The average Bonchev–Trinajstić information content (AvgIpc) is 3.33. The van der Waals surface area contributed by atoms with E-state index in [0.29, 0.717) is 12.3 Å². The van der Waals surface area contributed by atoms with Crippen molar-refractivity contribution in [3.63, 3.8) is 0 Å². The zero-order valence-corrected chi connectivity index (χ0v) is 22.8. The van der Waals surface area contributed by atoms with Crippen LogP contribution in [0.5, 0.6) is 0 Å². The number of fused-ring (bicyclic) bond motifs is 1. The minimum absolute atomic E-state index is 0.0723. The lowest BCUT2D eigenvalue weighted by atomic mass is 10.1. The van der Waals surface area contributed by atoms with Gasteiger partial charge in [0.15, 0.2) is 24.1 Å². The fraction of sp³-hybridized carbons (Fsp3) is 0.391. The Hall–Kier alpha value is -4.05. The number of amides is 2. The third kappa shape index (κ3) is 6.17. The molecule has 14 nitrogen and oxygen atoms in total. The number of anilines is 1. The number of aromatic carboxylic acids is 1. The van der Waals surface area contributed by atoms with Crippen molar-refractivity contribution in [3.8, 4) is 0 Å². The van der Waals surface area contributed by atoms with Crippen molar-refractivity contribution in [2.24, 2.45) is 5.16 Å². The van der Waals surface area contributed by atoms with Gasteiger partial charge in [-0.1, -0.05) is 5.16 Å². The van der Waals surface area contributed by atoms with Crippen LogP contribution in [0.3, 0.4) is 0 Å². The van der Waals surface area contributed by atoms with Gasteiger partial charge in [-0.15, -0.1) is 11.8 Å². The molecule has 0 bridgehead atoms. The smallest absolute Gasteiger partial charge is 0.352 e. The molecular weight excluding hydrogens is 550 g/mol. The van der Waals surface area contributed by atoms with E-state index in [1.54, 1.807) is 30.1 Å². The van der Waals surface area contributed by atoms with Gasteiger partial charge in [0.2, 0.25) is 17.1 Å². The van der Waals surface area contributed by atoms with Gasteiger partial charge in [0.25, 0.3) is 11.8 Å². The number of carboxylic acids is 1. The van der Waals surface area contributed by atoms with E-state index in [0.717, 1.165) is 17.1 Å². The first-order valence-corrected chi connectivity index (χ1v) is 13.5. The molecule has 0 radical (unpaired) electrons. The third-order valence-electron chi connectivity index (χ3n) is 5.64. The summed E-state index contributed by atoms with van der Waals surface area (Å²) >= 11 is 2.31. The van der Waals surface area contributed by atoms with Gasteiger partial charge in [-0.2, -0.15) is 9.36 Å². The van der Waals surface area contributed by atoms with E-state index < -0.39 is 29.5 Å². The largest absolute Gasteiger partial charge is 0.545 e. The van der Waals surface area contributed by atoms with Crippen LogP contribution in [0, 0.1) is 0 Å². The predicted octanol–water partition coefficient (Wildman–Crippen LogP) is -1.18. The minimum atomic E-state index is -1.50. The molecule has 1 unspecified atom stereocenters. The van der Waals surface area contributed by atoms with E-state index in [1.165, 1.54) is 42.6 Å². The van der Waals surface area contributed by atoms with Gasteiger partial charge in [-0.25, -0.2) is 9.36 Å². The number of pyridine rings is 1. The summed E-state index contributed by atoms with van der Waals surface area (Å²) in [6, 6.07) is 2.04. The summed E-state index contributed by atoms with van der Waals surface area (Å²) in [5, 5.41) is 17.2. The van der Waals surface area contributed by atoms with Crippen molar-refractivity contribution < 1.29 is 38.4 Å². The molecule has 206 valence electrons. The van der Waals surface area contributed by atoms with E-state index in [1.807, 2.05) is 0 Å². The summed E-state index contributed by atoms with van der Waals surface area (Å²) < 4.78 is 10.8. The van der Waals surface area contributed by atoms with Crippen LogP contribution in [0.2, 0.25) is 0 Å². The van der Waals surface area contributed by atoms with Crippen LogP contribution < -0.4 is 20.7 Å². The maximum absolute atomic E-state index is 13.2. The maximum Gasteiger partial charge on any atom is 0.352 e. The molecule has 4 heterocycles. The fourth-order valence-electron chi connectivity index (χ4n) is 3.61. The molecule has 4 rings (SSSR count). The SMILES string of the molecule is CCOC(=O)C(C)(C)ON=C(C(=O)NC1C(=O)N2C=C(C[n+]3ccc(C(=O)[O-])cc3)CS[C@H]12)c1nsc(N)n1. The molecule has 2 amide bonds. The Bertz CT molecular complexity index is 1360. The lowest BCUT2D eigenvalue weighted by Crippen LogP contribution is -2.69. The van der Waals surface area contributed by atoms with Gasteiger partial charge in [0, 0.05) is 46.8 Å². The Balaban J connectivity index is 1.44. The molecule has 0 saturated carbocycles. The molecule has 0 aromatic carbocycles. The van der Waals surface area contributed by atoms with E-state index in [2.05, 4.69) is 19.8 Å². The minimum Gasteiger partial charge on any atom is -0.545 e. The Morgan fingerprint density at radius 2 is 2.05 bits per heavy atom. The van der Waals surface area contributed by atoms with E-state index in [4.69, 9.17) is 15.3 Å². The third-order valence-corrected chi connectivity index (χ3v) is 7.56. The first-order valence-electron chi connectivity index (χ1n) is 11.7. The summed E-state index contributed by atoms with van der Waals surface area (Å²) in [7, 11) is 0. The van der Waals surface area contributed by atoms with Crippen LogP contribution >= 0.6 is 23.3 Å². The highest BCUT2D eigenvalue weighted by Crippen LogP contribution is 2.36. The first-order chi connectivity index (χ1) is 18.5. The summed E-state index contributed by atoms with van der Waals surface area (Å²) in [5.41, 5.74) is 4.82. The number of oxime groups is 1. The van der Waals surface area contributed by atoms with Crippen LogP contribution in [0.4, 0.5) is 5.13 Å². The maximum atomic E-state index is 13.2. The Labute approximate surface area is 231 Å². The number of carboxylic acid groups (broad SMARTS) is 1. The monoisotopic (exact) mass is 575 g/mol. The van der Waals surface area contributed by atoms with Gasteiger partial charge < -0.3 is 35.4 Å². The quantitative estimate of drug-likeness (QED) is 0.114. The van der Waals surface area contributed by atoms with Crippen molar-refractivity contribution in [2.75, 3.05) is 18.1 Å². The number of nitrogen functional groups attached to an aromatic ring is 1. The lowest BCUT2D eigenvalue weighted by Gasteiger charge is -2.47. The van der Waals surface area contributed by atoms with E-state index >= 15 is 0 Å². The molecule has 2 aromatic rings. The summed E-state index contributed by atoms with van der Waals surface area (Å²) in [6.45, 7) is 5.09. The molecular formula is C23H25N7O7S2.